The average Bonchev–Trinajstić information content (AvgIpc) is 2.75. The van der Waals surface area contributed by atoms with E-state index < -0.39 is 29.8 Å². The molecule has 33 heavy (non-hydrogen) atoms. The fourth-order valence-corrected chi connectivity index (χ4v) is 2.75. The SMILES string of the molecule is CCCC(=O)OCC[C@@](N)(Cc1ccc(OC(=O)OCC)c(OC(=O)OCC)c1)C(=O)OC. The van der Waals surface area contributed by atoms with Crippen LogP contribution in [0.25, 0.3) is 0 Å². The molecule has 0 spiro atoms. The molecule has 0 bridgehead atoms. The standard InChI is InChI=1S/C22H31NO10/c1-5-8-18(24)31-12-11-22(23,19(25)28-4)14-15-9-10-16(32-20(26)29-6-2)17(13-15)33-21(27)30-7-3/h9-10,13H,5-8,11-12,14,23H2,1-4H3/t22-/m1/s1. The van der Waals surface area contributed by atoms with Crippen LogP contribution in [-0.2, 0) is 35.0 Å². The second-order valence-corrected chi connectivity index (χ2v) is 6.90. The minimum Gasteiger partial charge on any atom is -0.468 e. The van der Waals surface area contributed by atoms with Crippen molar-refractivity contribution in [2.45, 2.75) is 52.0 Å². The summed E-state index contributed by atoms with van der Waals surface area (Å²) in [6, 6.07) is 4.26. The number of ether oxygens (including phenoxy) is 6. The van der Waals surface area contributed by atoms with Crippen molar-refractivity contribution >= 4 is 24.2 Å². The van der Waals surface area contributed by atoms with Crippen molar-refractivity contribution in [2.24, 2.45) is 5.73 Å². The Bertz CT molecular complexity index is 825. The first kappa shape index (κ1) is 27.7. The van der Waals surface area contributed by atoms with Gasteiger partial charge in [-0.15, -0.1) is 0 Å². The Morgan fingerprint density at radius 1 is 0.909 bits per heavy atom. The first-order chi connectivity index (χ1) is 15.7. The van der Waals surface area contributed by atoms with Gasteiger partial charge in [-0.25, -0.2) is 9.59 Å². The van der Waals surface area contributed by atoms with Gasteiger partial charge in [0.15, 0.2) is 11.5 Å². The molecule has 1 rings (SSSR count). The van der Waals surface area contributed by atoms with Gasteiger partial charge in [0.05, 0.1) is 26.9 Å². The van der Waals surface area contributed by atoms with E-state index >= 15 is 0 Å². The molecule has 184 valence electrons. The zero-order valence-corrected chi connectivity index (χ0v) is 19.3. The van der Waals surface area contributed by atoms with Crippen LogP contribution in [0.2, 0.25) is 0 Å². The predicted molar refractivity (Wildman–Crippen MR) is 115 cm³/mol. The molecule has 0 aliphatic heterocycles. The molecule has 11 heteroatoms. The number of hydrogen-bond acceptors (Lipinski definition) is 11. The highest BCUT2D eigenvalue weighted by Crippen LogP contribution is 2.31. The molecular formula is C22H31NO10. The number of methoxy groups -OCH3 is 1. The molecule has 0 unspecified atom stereocenters. The highest BCUT2D eigenvalue weighted by Gasteiger charge is 2.36. The number of hydrogen-bond donors (Lipinski definition) is 1. The van der Waals surface area contributed by atoms with Crippen molar-refractivity contribution < 1.29 is 47.6 Å². The van der Waals surface area contributed by atoms with Crippen LogP contribution >= 0.6 is 0 Å². The lowest BCUT2D eigenvalue weighted by molar-refractivity contribution is -0.151. The monoisotopic (exact) mass is 469 g/mol. The summed E-state index contributed by atoms with van der Waals surface area (Å²) in [6.45, 7) is 5.11. The average molecular weight is 469 g/mol. The Morgan fingerprint density at radius 2 is 1.52 bits per heavy atom. The topological polar surface area (TPSA) is 150 Å². The van der Waals surface area contributed by atoms with Crippen LogP contribution in [0.15, 0.2) is 18.2 Å². The van der Waals surface area contributed by atoms with Gasteiger partial charge >= 0.3 is 24.2 Å². The molecule has 0 aliphatic carbocycles. The Labute approximate surface area is 192 Å². The molecule has 0 saturated carbocycles. The lowest BCUT2D eigenvalue weighted by Crippen LogP contribution is -2.51. The third-order valence-corrected chi connectivity index (χ3v) is 4.30. The molecule has 1 atom stereocenters. The van der Waals surface area contributed by atoms with E-state index in [9.17, 15) is 19.2 Å². The zero-order valence-electron chi connectivity index (χ0n) is 19.3. The lowest BCUT2D eigenvalue weighted by Gasteiger charge is -2.26. The second kappa shape index (κ2) is 13.9. The van der Waals surface area contributed by atoms with Gasteiger partial charge in [0.25, 0.3) is 0 Å². The van der Waals surface area contributed by atoms with Crippen LogP contribution in [0.1, 0.15) is 45.6 Å². The summed E-state index contributed by atoms with van der Waals surface area (Å²) >= 11 is 0. The van der Waals surface area contributed by atoms with Crippen molar-refractivity contribution in [2.75, 3.05) is 26.9 Å². The number of carbonyl (C=O) groups is 4. The quantitative estimate of drug-likeness (QED) is 0.273. The van der Waals surface area contributed by atoms with Crippen LogP contribution in [0.4, 0.5) is 9.59 Å². The minimum absolute atomic E-state index is 0.00965. The molecule has 1 aromatic carbocycles. The Morgan fingerprint density at radius 3 is 2.06 bits per heavy atom. The van der Waals surface area contributed by atoms with Gasteiger partial charge in [0, 0.05) is 19.3 Å². The van der Waals surface area contributed by atoms with E-state index in [2.05, 4.69) is 0 Å². The summed E-state index contributed by atoms with van der Waals surface area (Å²) in [5.41, 5.74) is 5.22. The molecule has 0 aliphatic rings. The van der Waals surface area contributed by atoms with Crippen LogP contribution in [0, 0.1) is 0 Å². The number of benzene rings is 1. The third kappa shape index (κ3) is 9.36. The van der Waals surface area contributed by atoms with E-state index in [1.54, 1.807) is 13.8 Å². The van der Waals surface area contributed by atoms with Gasteiger partial charge in [-0.1, -0.05) is 13.0 Å². The van der Waals surface area contributed by atoms with E-state index in [1.165, 1.54) is 25.3 Å². The predicted octanol–water partition coefficient (Wildman–Crippen LogP) is 2.90. The van der Waals surface area contributed by atoms with Crippen molar-refractivity contribution in [1.29, 1.82) is 0 Å². The maximum atomic E-state index is 12.4. The molecule has 1 aromatic rings. The number of esters is 2. The maximum Gasteiger partial charge on any atom is 0.513 e. The molecule has 2 N–H and O–H groups in total. The van der Waals surface area contributed by atoms with E-state index in [-0.39, 0.29) is 50.6 Å². The van der Waals surface area contributed by atoms with Gasteiger partial charge in [-0.05, 0) is 38.0 Å². The summed E-state index contributed by atoms with van der Waals surface area (Å²) in [5, 5.41) is 0. The number of rotatable bonds is 12. The molecule has 0 aromatic heterocycles. The van der Waals surface area contributed by atoms with Crippen LogP contribution in [-0.4, -0.2) is 56.7 Å². The second-order valence-electron chi connectivity index (χ2n) is 6.90. The molecule has 0 saturated heterocycles. The van der Waals surface area contributed by atoms with E-state index in [0.717, 1.165) is 0 Å². The normalized spacial score (nSPS) is 12.2. The molecule has 0 amide bonds. The van der Waals surface area contributed by atoms with E-state index in [4.69, 9.17) is 34.2 Å². The zero-order chi connectivity index (χ0) is 24.9. The molecule has 0 radical (unpaired) electrons. The maximum absolute atomic E-state index is 12.4. The Balaban J connectivity index is 3.12. The van der Waals surface area contributed by atoms with Gasteiger partial charge in [0.2, 0.25) is 0 Å². The highest BCUT2D eigenvalue weighted by atomic mass is 16.7. The fourth-order valence-electron chi connectivity index (χ4n) is 2.75. The summed E-state index contributed by atoms with van der Waals surface area (Å²) in [5.74, 6) is -1.34. The third-order valence-electron chi connectivity index (χ3n) is 4.30. The van der Waals surface area contributed by atoms with Gasteiger partial charge in [-0.2, -0.15) is 0 Å². The Hall–Kier alpha value is -3.34. The van der Waals surface area contributed by atoms with Crippen molar-refractivity contribution in [3.05, 3.63) is 23.8 Å². The molecule has 0 fully saturated rings. The summed E-state index contributed by atoms with van der Waals surface area (Å²) in [7, 11) is 1.19. The molecule has 0 heterocycles. The fraction of sp³-hybridized carbons (Fsp3) is 0.545. The largest absolute Gasteiger partial charge is 0.513 e. The van der Waals surface area contributed by atoms with Crippen molar-refractivity contribution in [3.63, 3.8) is 0 Å². The highest BCUT2D eigenvalue weighted by molar-refractivity contribution is 5.81. The summed E-state index contributed by atoms with van der Waals surface area (Å²) in [6.07, 6.45) is -1.18. The van der Waals surface area contributed by atoms with Gasteiger partial charge in [-0.3, -0.25) is 9.59 Å². The number of nitrogens with two attached hydrogens (primary N) is 1. The minimum atomic E-state index is -1.54. The van der Waals surface area contributed by atoms with E-state index in [0.29, 0.717) is 12.0 Å². The van der Waals surface area contributed by atoms with Gasteiger partial charge < -0.3 is 34.2 Å². The lowest BCUT2D eigenvalue weighted by atomic mass is 9.88. The Kier molecular flexibility index (Phi) is 11.7. The first-order valence-corrected chi connectivity index (χ1v) is 10.5. The van der Waals surface area contributed by atoms with Crippen molar-refractivity contribution in [3.8, 4) is 11.5 Å². The van der Waals surface area contributed by atoms with E-state index in [1.807, 2.05) is 6.92 Å². The van der Waals surface area contributed by atoms with Crippen LogP contribution in [0.3, 0.4) is 0 Å². The molecular weight excluding hydrogens is 438 g/mol. The first-order valence-electron chi connectivity index (χ1n) is 10.5. The van der Waals surface area contributed by atoms with Crippen LogP contribution in [0.5, 0.6) is 11.5 Å². The summed E-state index contributed by atoms with van der Waals surface area (Å²) in [4.78, 5) is 47.5. The van der Waals surface area contributed by atoms with Crippen molar-refractivity contribution in [1.82, 2.24) is 0 Å². The summed E-state index contributed by atoms with van der Waals surface area (Å²) < 4.78 is 29.6. The number of carbonyl (C=O) groups excluding carboxylic acids is 4. The van der Waals surface area contributed by atoms with Crippen LogP contribution < -0.4 is 15.2 Å². The molecule has 11 nitrogen and oxygen atoms in total. The van der Waals surface area contributed by atoms with Gasteiger partial charge in [0.1, 0.15) is 5.54 Å². The smallest absolute Gasteiger partial charge is 0.468 e.